The molecule has 4 nitrogen and oxygen atoms in total. The van der Waals surface area contributed by atoms with E-state index in [1.807, 2.05) is 29.1 Å². The number of hydrogen-bond acceptors (Lipinski definition) is 3. The molecule has 0 spiro atoms. The van der Waals surface area contributed by atoms with Crippen LogP contribution in [0.1, 0.15) is 19.3 Å². The zero-order chi connectivity index (χ0) is 11.7. The number of esters is 1. The fourth-order valence-corrected chi connectivity index (χ4v) is 2.76. The molecule has 3 atom stereocenters. The molecule has 1 aromatic rings. The van der Waals surface area contributed by atoms with Gasteiger partial charge in [0.25, 0.3) is 0 Å². The predicted molar refractivity (Wildman–Crippen MR) is 61.4 cm³/mol. The van der Waals surface area contributed by atoms with Gasteiger partial charge in [0.2, 0.25) is 0 Å². The SMILES string of the molecule is O=C(OCCn1cccc1)C1CC2CCC1O2. The first-order valence-electron chi connectivity index (χ1n) is 6.26. The second-order valence-electron chi connectivity index (χ2n) is 4.80. The zero-order valence-corrected chi connectivity index (χ0v) is 9.75. The van der Waals surface area contributed by atoms with Gasteiger partial charge in [0.05, 0.1) is 24.7 Å². The molecule has 1 aromatic heterocycles. The summed E-state index contributed by atoms with van der Waals surface area (Å²) in [7, 11) is 0. The standard InChI is InChI=1S/C13H17NO3/c15-13(11-9-10-3-4-12(11)17-10)16-8-7-14-5-1-2-6-14/h1-2,5-6,10-12H,3-4,7-9H2. The maximum absolute atomic E-state index is 11.9. The molecule has 0 aromatic carbocycles. The second kappa shape index (κ2) is 4.53. The first kappa shape index (κ1) is 10.8. The maximum atomic E-state index is 11.9. The van der Waals surface area contributed by atoms with Crippen molar-refractivity contribution >= 4 is 5.97 Å². The summed E-state index contributed by atoms with van der Waals surface area (Å²) in [4.78, 5) is 11.9. The molecule has 2 saturated heterocycles. The van der Waals surface area contributed by atoms with Crippen LogP contribution in [0.4, 0.5) is 0 Å². The van der Waals surface area contributed by atoms with Gasteiger partial charge in [-0.05, 0) is 31.4 Å². The first-order valence-corrected chi connectivity index (χ1v) is 6.26. The van der Waals surface area contributed by atoms with Gasteiger partial charge in [-0.2, -0.15) is 0 Å². The lowest BCUT2D eigenvalue weighted by molar-refractivity contribution is -0.150. The van der Waals surface area contributed by atoms with E-state index >= 15 is 0 Å². The van der Waals surface area contributed by atoms with Crippen LogP contribution < -0.4 is 0 Å². The van der Waals surface area contributed by atoms with E-state index in [1.165, 1.54) is 0 Å². The molecule has 2 fully saturated rings. The van der Waals surface area contributed by atoms with Gasteiger partial charge in [-0.15, -0.1) is 0 Å². The fourth-order valence-electron chi connectivity index (χ4n) is 2.76. The Hall–Kier alpha value is -1.29. The Morgan fingerprint density at radius 2 is 2.18 bits per heavy atom. The fraction of sp³-hybridized carbons (Fsp3) is 0.615. The van der Waals surface area contributed by atoms with Crippen molar-refractivity contribution in [2.45, 2.75) is 38.0 Å². The Balaban J connectivity index is 1.45. The molecule has 92 valence electrons. The van der Waals surface area contributed by atoms with Crippen LogP contribution in [-0.4, -0.2) is 29.4 Å². The van der Waals surface area contributed by atoms with E-state index in [9.17, 15) is 4.79 Å². The van der Waals surface area contributed by atoms with E-state index in [1.54, 1.807) is 0 Å². The normalized spacial score (nSPS) is 30.7. The molecule has 17 heavy (non-hydrogen) atoms. The third kappa shape index (κ3) is 2.22. The molecule has 0 radical (unpaired) electrons. The molecule has 0 N–H and O–H groups in total. The highest BCUT2D eigenvalue weighted by molar-refractivity contribution is 5.73. The van der Waals surface area contributed by atoms with Crippen LogP contribution in [0.5, 0.6) is 0 Å². The molecule has 2 aliphatic rings. The summed E-state index contributed by atoms with van der Waals surface area (Å²) in [6, 6.07) is 3.93. The Bertz CT molecular complexity index is 387. The van der Waals surface area contributed by atoms with Crippen molar-refractivity contribution in [2.75, 3.05) is 6.61 Å². The Morgan fingerprint density at radius 1 is 1.35 bits per heavy atom. The van der Waals surface area contributed by atoms with Crippen molar-refractivity contribution in [3.8, 4) is 0 Å². The van der Waals surface area contributed by atoms with Crippen molar-refractivity contribution in [2.24, 2.45) is 5.92 Å². The van der Waals surface area contributed by atoms with E-state index in [-0.39, 0.29) is 18.0 Å². The minimum atomic E-state index is -0.0793. The Morgan fingerprint density at radius 3 is 2.82 bits per heavy atom. The van der Waals surface area contributed by atoms with Crippen LogP contribution >= 0.6 is 0 Å². The van der Waals surface area contributed by atoms with Crippen LogP contribution in [0.15, 0.2) is 24.5 Å². The molecule has 3 heterocycles. The lowest BCUT2D eigenvalue weighted by atomic mass is 9.89. The third-order valence-corrected chi connectivity index (χ3v) is 3.67. The van der Waals surface area contributed by atoms with Crippen LogP contribution in [0.3, 0.4) is 0 Å². The summed E-state index contributed by atoms with van der Waals surface area (Å²) in [5.41, 5.74) is 0. The van der Waals surface area contributed by atoms with Crippen LogP contribution in [0, 0.1) is 5.92 Å². The van der Waals surface area contributed by atoms with Crippen molar-refractivity contribution in [3.05, 3.63) is 24.5 Å². The van der Waals surface area contributed by atoms with Crippen LogP contribution in [-0.2, 0) is 20.8 Å². The van der Waals surface area contributed by atoms with E-state index in [0.717, 1.165) is 25.8 Å². The molecule has 0 saturated carbocycles. The quantitative estimate of drug-likeness (QED) is 0.744. The van der Waals surface area contributed by atoms with Gasteiger partial charge in [-0.3, -0.25) is 4.79 Å². The predicted octanol–water partition coefficient (Wildman–Crippen LogP) is 1.60. The zero-order valence-electron chi connectivity index (χ0n) is 9.75. The number of fused-ring (bicyclic) bond motifs is 2. The molecule has 0 amide bonds. The maximum Gasteiger partial charge on any atom is 0.311 e. The Labute approximate surface area is 101 Å². The molecule has 2 aliphatic heterocycles. The number of rotatable bonds is 4. The summed E-state index contributed by atoms with van der Waals surface area (Å²) >= 11 is 0. The first-order chi connectivity index (χ1) is 8.33. The highest BCUT2D eigenvalue weighted by Crippen LogP contribution is 2.39. The molecule has 3 rings (SSSR count). The molecule has 4 heteroatoms. The van der Waals surface area contributed by atoms with Crippen molar-refractivity contribution < 1.29 is 14.3 Å². The van der Waals surface area contributed by atoms with Gasteiger partial charge in [-0.25, -0.2) is 0 Å². The summed E-state index contributed by atoms with van der Waals surface area (Å²) < 4.78 is 13.0. The highest BCUT2D eigenvalue weighted by Gasteiger charge is 2.45. The van der Waals surface area contributed by atoms with E-state index in [2.05, 4.69) is 0 Å². The monoisotopic (exact) mass is 235 g/mol. The van der Waals surface area contributed by atoms with Gasteiger partial charge in [-0.1, -0.05) is 0 Å². The Kier molecular flexibility index (Phi) is 2.89. The summed E-state index contributed by atoms with van der Waals surface area (Å²) in [6.07, 6.45) is 7.34. The number of hydrogen-bond donors (Lipinski definition) is 0. The highest BCUT2D eigenvalue weighted by atomic mass is 16.5. The lowest BCUT2D eigenvalue weighted by Gasteiger charge is -2.17. The third-order valence-electron chi connectivity index (χ3n) is 3.67. The minimum absolute atomic E-state index is 0.0154. The molecular weight excluding hydrogens is 218 g/mol. The van der Waals surface area contributed by atoms with Gasteiger partial charge < -0.3 is 14.0 Å². The molecule has 2 bridgehead atoms. The topological polar surface area (TPSA) is 40.5 Å². The summed E-state index contributed by atoms with van der Waals surface area (Å²) in [5, 5.41) is 0. The summed E-state index contributed by atoms with van der Waals surface area (Å²) in [5.74, 6) is -0.0947. The number of carbonyl (C=O) groups is 1. The van der Waals surface area contributed by atoms with E-state index < -0.39 is 0 Å². The van der Waals surface area contributed by atoms with Crippen LogP contribution in [0.2, 0.25) is 0 Å². The van der Waals surface area contributed by atoms with E-state index in [0.29, 0.717) is 12.7 Å². The number of carbonyl (C=O) groups excluding carboxylic acids is 1. The molecular formula is C13H17NO3. The lowest BCUT2D eigenvalue weighted by Crippen LogP contribution is -2.28. The van der Waals surface area contributed by atoms with Gasteiger partial charge in [0.15, 0.2) is 0 Å². The number of nitrogens with zero attached hydrogens (tertiary/aromatic N) is 1. The largest absolute Gasteiger partial charge is 0.463 e. The van der Waals surface area contributed by atoms with Gasteiger partial charge in [0.1, 0.15) is 6.61 Å². The molecule has 0 aliphatic carbocycles. The molecule has 3 unspecified atom stereocenters. The number of ether oxygens (including phenoxy) is 2. The second-order valence-corrected chi connectivity index (χ2v) is 4.80. The van der Waals surface area contributed by atoms with Crippen molar-refractivity contribution in [1.82, 2.24) is 4.57 Å². The van der Waals surface area contributed by atoms with Crippen LogP contribution in [0.25, 0.3) is 0 Å². The summed E-state index contributed by atoms with van der Waals surface area (Å²) in [6.45, 7) is 1.17. The van der Waals surface area contributed by atoms with Gasteiger partial charge in [0, 0.05) is 12.4 Å². The van der Waals surface area contributed by atoms with E-state index in [4.69, 9.17) is 9.47 Å². The van der Waals surface area contributed by atoms with Crippen molar-refractivity contribution in [3.63, 3.8) is 0 Å². The minimum Gasteiger partial charge on any atom is -0.463 e. The van der Waals surface area contributed by atoms with Gasteiger partial charge >= 0.3 is 5.97 Å². The smallest absolute Gasteiger partial charge is 0.311 e. The van der Waals surface area contributed by atoms with Crippen molar-refractivity contribution in [1.29, 1.82) is 0 Å². The number of aromatic nitrogens is 1. The average Bonchev–Trinajstić information content (AvgIpc) is 3.05. The average molecular weight is 235 g/mol.